The van der Waals surface area contributed by atoms with Crippen molar-refractivity contribution in [1.29, 1.82) is 0 Å². The first-order chi connectivity index (χ1) is 7.17. The van der Waals surface area contributed by atoms with Gasteiger partial charge in [-0.1, -0.05) is 44.2 Å². The van der Waals surface area contributed by atoms with Crippen molar-refractivity contribution in [3.8, 4) is 0 Å². The molecule has 2 rings (SSSR count). The van der Waals surface area contributed by atoms with Gasteiger partial charge in [-0.15, -0.1) is 0 Å². The minimum atomic E-state index is 0.421. The second kappa shape index (κ2) is 3.97. The maximum atomic E-state index is 5.29. The highest BCUT2D eigenvalue weighted by atomic mass is 16.5. The van der Waals surface area contributed by atoms with Gasteiger partial charge in [0.2, 0.25) is 0 Å². The fourth-order valence-electron chi connectivity index (χ4n) is 2.71. The Hall–Kier alpha value is -0.820. The average molecular weight is 204 g/mol. The fourth-order valence-corrected chi connectivity index (χ4v) is 2.71. The molecule has 1 nitrogen and oxygen atoms in total. The van der Waals surface area contributed by atoms with E-state index in [0.29, 0.717) is 11.3 Å². The maximum Gasteiger partial charge on any atom is 0.0518 e. The van der Waals surface area contributed by atoms with Crippen LogP contribution in [-0.2, 0) is 4.74 Å². The van der Waals surface area contributed by atoms with E-state index in [0.717, 1.165) is 12.5 Å². The molecular formula is C14H20O. The van der Waals surface area contributed by atoms with Crippen molar-refractivity contribution in [2.45, 2.75) is 26.2 Å². The molecule has 0 heterocycles. The van der Waals surface area contributed by atoms with Crippen LogP contribution in [0.5, 0.6) is 0 Å². The SMILES string of the molecule is COC[C@]1(C)C[C@H]1[C@H](C)c1ccccc1. The van der Waals surface area contributed by atoms with Gasteiger partial charge in [0.15, 0.2) is 0 Å². The van der Waals surface area contributed by atoms with Crippen LogP contribution in [0.3, 0.4) is 0 Å². The highest BCUT2D eigenvalue weighted by molar-refractivity contribution is 5.23. The first kappa shape index (κ1) is 10.7. The smallest absolute Gasteiger partial charge is 0.0518 e. The molecule has 0 unspecified atom stereocenters. The van der Waals surface area contributed by atoms with E-state index in [4.69, 9.17) is 4.74 Å². The molecular weight excluding hydrogens is 184 g/mol. The Kier molecular flexibility index (Phi) is 2.83. The molecule has 1 heteroatoms. The molecule has 82 valence electrons. The number of rotatable bonds is 4. The number of ether oxygens (including phenoxy) is 1. The highest BCUT2D eigenvalue weighted by Gasteiger charge is 2.52. The van der Waals surface area contributed by atoms with Crippen LogP contribution >= 0.6 is 0 Å². The Labute approximate surface area is 92.5 Å². The zero-order valence-electron chi connectivity index (χ0n) is 9.86. The molecule has 1 aliphatic rings. The van der Waals surface area contributed by atoms with Gasteiger partial charge in [0.25, 0.3) is 0 Å². The van der Waals surface area contributed by atoms with Crippen LogP contribution in [0.25, 0.3) is 0 Å². The Morgan fingerprint density at radius 1 is 1.40 bits per heavy atom. The molecule has 0 aromatic heterocycles. The summed E-state index contributed by atoms with van der Waals surface area (Å²) >= 11 is 0. The van der Waals surface area contributed by atoms with Gasteiger partial charge in [0, 0.05) is 7.11 Å². The molecule has 1 saturated carbocycles. The predicted octanol–water partition coefficient (Wildman–Crippen LogP) is 3.46. The van der Waals surface area contributed by atoms with E-state index in [1.165, 1.54) is 12.0 Å². The maximum absolute atomic E-state index is 5.29. The van der Waals surface area contributed by atoms with Gasteiger partial charge < -0.3 is 4.74 Å². The van der Waals surface area contributed by atoms with Crippen LogP contribution in [0.15, 0.2) is 30.3 Å². The van der Waals surface area contributed by atoms with Crippen molar-refractivity contribution in [2.24, 2.45) is 11.3 Å². The quantitative estimate of drug-likeness (QED) is 0.729. The third kappa shape index (κ3) is 2.07. The summed E-state index contributed by atoms with van der Waals surface area (Å²) in [6.45, 7) is 5.57. The summed E-state index contributed by atoms with van der Waals surface area (Å²) in [5, 5.41) is 0. The van der Waals surface area contributed by atoms with Gasteiger partial charge in [-0.2, -0.15) is 0 Å². The first-order valence-electron chi connectivity index (χ1n) is 5.71. The van der Waals surface area contributed by atoms with Crippen LogP contribution in [-0.4, -0.2) is 13.7 Å². The third-order valence-electron chi connectivity index (χ3n) is 3.82. The van der Waals surface area contributed by atoms with E-state index < -0.39 is 0 Å². The first-order valence-corrected chi connectivity index (χ1v) is 5.71. The lowest BCUT2D eigenvalue weighted by molar-refractivity contribution is 0.139. The number of hydrogen-bond acceptors (Lipinski definition) is 1. The molecule has 1 aliphatic carbocycles. The highest BCUT2D eigenvalue weighted by Crippen LogP contribution is 2.58. The van der Waals surface area contributed by atoms with Crippen molar-refractivity contribution in [3.05, 3.63) is 35.9 Å². The number of methoxy groups -OCH3 is 1. The molecule has 3 atom stereocenters. The average Bonchev–Trinajstić information content (AvgIpc) is 2.91. The Morgan fingerprint density at radius 3 is 2.67 bits per heavy atom. The second-order valence-electron chi connectivity index (χ2n) is 5.10. The summed E-state index contributed by atoms with van der Waals surface area (Å²) in [4.78, 5) is 0. The normalized spacial score (nSPS) is 31.3. The lowest BCUT2D eigenvalue weighted by atomic mass is 9.91. The van der Waals surface area contributed by atoms with E-state index in [2.05, 4.69) is 44.2 Å². The van der Waals surface area contributed by atoms with Gasteiger partial charge in [-0.25, -0.2) is 0 Å². The van der Waals surface area contributed by atoms with Crippen molar-refractivity contribution >= 4 is 0 Å². The van der Waals surface area contributed by atoms with E-state index in [-0.39, 0.29) is 0 Å². The molecule has 1 aromatic rings. The van der Waals surface area contributed by atoms with E-state index in [1.807, 2.05) is 0 Å². The molecule has 0 aliphatic heterocycles. The molecule has 0 bridgehead atoms. The van der Waals surface area contributed by atoms with E-state index >= 15 is 0 Å². The van der Waals surface area contributed by atoms with Gasteiger partial charge in [-0.05, 0) is 29.2 Å². The summed E-state index contributed by atoms with van der Waals surface area (Å²) in [5.74, 6) is 1.45. The summed E-state index contributed by atoms with van der Waals surface area (Å²) < 4.78 is 5.29. The number of benzene rings is 1. The van der Waals surface area contributed by atoms with Crippen LogP contribution in [0.1, 0.15) is 31.7 Å². The predicted molar refractivity (Wildman–Crippen MR) is 62.9 cm³/mol. The van der Waals surface area contributed by atoms with Crippen molar-refractivity contribution < 1.29 is 4.74 Å². The molecule has 0 spiro atoms. The molecule has 0 amide bonds. The second-order valence-corrected chi connectivity index (χ2v) is 5.10. The summed E-state index contributed by atoms with van der Waals surface area (Å²) in [5.41, 5.74) is 1.88. The van der Waals surface area contributed by atoms with Crippen LogP contribution < -0.4 is 0 Å². The van der Waals surface area contributed by atoms with Crippen molar-refractivity contribution in [3.63, 3.8) is 0 Å². The molecule has 0 saturated heterocycles. The topological polar surface area (TPSA) is 9.23 Å². The molecule has 1 fully saturated rings. The van der Waals surface area contributed by atoms with Crippen LogP contribution in [0, 0.1) is 11.3 Å². The van der Waals surface area contributed by atoms with Crippen LogP contribution in [0.4, 0.5) is 0 Å². The number of hydrogen-bond donors (Lipinski definition) is 0. The van der Waals surface area contributed by atoms with Gasteiger partial charge in [0.1, 0.15) is 0 Å². The van der Waals surface area contributed by atoms with E-state index in [9.17, 15) is 0 Å². The minimum absolute atomic E-state index is 0.421. The zero-order valence-corrected chi connectivity index (χ0v) is 9.86. The van der Waals surface area contributed by atoms with E-state index in [1.54, 1.807) is 7.11 Å². The third-order valence-corrected chi connectivity index (χ3v) is 3.82. The van der Waals surface area contributed by atoms with Gasteiger partial charge in [0.05, 0.1) is 6.61 Å². The lowest BCUT2D eigenvalue weighted by Gasteiger charge is -2.16. The molecule has 15 heavy (non-hydrogen) atoms. The lowest BCUT2D eigenvalue weighted by Crippen LogP contribution is -2.10. The molecule has 0 N–H and O–H groups in total. The fraction of sp³-hybridized carbons (Fsp3) is 0.571. The Bertz CT molecular complexity index is 319. The van der Waals surface area contributed by atoms with Crippen molar-refractivity contribution in [1.82, 2.24) is 0 Å². The summed E-state index contributed by atoms with van der Waals surface area (Å²) in [6.07, 6.45) is 1.30. The minimum Gasteiger partial charge on any atom is -0.384 e. The van der Waals surface area contributed by atoms with Gasteiger partial charge >= 0.3 is 0 Å². The standard InChI is InChI=1S/C14H20O/c1-11(12-7-5-4-6-8-12)13-9-14(13,2)10-15-3/h4-8,11,13H,9-10H2,1-3H3/t11-,13+,14+/m1/s1. The van der Waals surface area contributed by atoms with Crippen molar-refractivity contribution in [2.75, 3.05) is 13.7 Å². The Balaban J connectivity index is 2.03. The summed E-state index contributed by atoms with van der Waals surface area (Å²) in [7, 11) is 1.80. The largest absolute Gasteiger partial charge is 0.384 e. The molecule has 1 aromatic carbocycles. The molecule has 0 radical (unpaired) electrons. The van der Waals surface area contributed by atoms with Gasteiger partial charge in [-0.3, -0.25) is 0 Å². The monoisotopic (exact) mass is 204 g/mol. The summed E-state index contributed by atoms with van der Waals surface area (Å²) in [6, 6.07) is 10.8. The zero-order chi connectivity index (χ0) is 10.9. The van der Waals surface area contributed by atoms with Crippen LogP contribution in [0.2, 0.25) is 0 Å². The Morgan fingerprint density at radius 2 is 2.07 bits per heavy atom.